The molecule has 0 amide bonds. The van der Waals surface area contributed by atoms with Gasteiger partial charge in [-0.1, -0.05) is 32.9 Å². The minimum absolute atomic E-state index is 0.109. The van der Waals surface area contributed by atoms with Gasteiger partial charge in [-0.25, -0.2) is 0 Å². The summed E-state index contributed by atoms with van der Waals surface area (Å²) in [6, 6.07) is 3.82. The summed E-state index contributed by atoms with van der Waals surface area (Å²) in [4.78, 5) is 11.1. The third-order valence-corrected chi connectivity index (χ3v) is 2.62. The highest BCUT2D eigenvalue weighted by Crippen LogP contribution is 2.34. The van der Waals surface area contributed by atoms with Gasteiger partial charge in [0.25, 0.3) is 0 Å². The normalized spacial score (nSPS) is 11.6. The van der Waals surface area contributed by atoms with Crippen LogP contribution in [0.15, 0.2) is 12.1 Å². The zero-order chi connectivity index (χ0) is 12.5. The second-order valence-corrected chi connectivity index (χ2v) is 5.44. The first-order valence-corrected chi connectivity index (χ1v) is 5.54. The number of benzene rings is 1. The smallest absolute Gasteiger partial charge is 0.134 e. The first-order valence-electron chi connectivity index (χ1n) is 5.54. The van der Waals surface area contributed by atoms with Gasteiger partial charge in [0, 0.05) is 6.42 Å². The maximum atomic E-state index is 11.1. The Morgan fingerprint density at radius 3 is 2.31 bits per heavy atom. The minimum atomic E-state index is -0.109. The van der Waals surface area contributed by atoms with Gasteiger partial charge in [0.1, 0.15) is 11.5 Å². The molecule has 0 aromatic heterocycles. The molecule has 0 saturated heterocycles. The zero-order valence-electron chi connectivity index (χ0n) is 10.7. The molecule has 0 radical (unpaired) electrons. The van der Waals surface area contributed by atoms with Crippen LogP contribution in [-0.4, -0.2) is 10.9 Å². The molecule has 2 heteroatoms. The van der Waals surface area contributed by atoms with Crippen molar-refractivity contribution >= 4 is 5.78 Å². The Kier molecular flexibility index (Phi) is 3.41. The second-order valence-electron chi connectivity index (χ2n) is 5.44. The number of aromatic hydroxyl groups is 1. The Labute approximate surface area is 97.3 Å². The number of phenolic OH excluding ortho intramolecular Hbond substituents is 1. The summed E-state index contributed by atoms with van der Waals surface area (Å²) in [5.74, 6) is 0.491. The summed E-state index contributed by atoms with van der Waals surface area (Å²) in [7, 11) is 0. The molecule has 0 saturated carbocycles. The highest BCUT2D eigenvalue weighted by molar-refractivity contribution is 5.78. The molecule has 0 unspecified atom stereocenters. The van der Waals surface area contributed by atoms with Gasteiger partial charge in [0.05, 0.1) is 0 Å². The van der Waals surface area contributed by atoms with Gasteiger partial charge in [-0.2, -0.15) is 0 Å². The van der Waals surface area contributed by atoms with Crippen molar-refractivity contribution in [2.24, 2.45) is 0 Å². The van der Waals surface area contributed by atoms with Crippen LogP contribution in [0, 0.1) is 6.92 Å². The van der Waals surface area contributed by atoms with Crippen LogP contribution in [0.25, 0.3) is 0 Å². The summed E-state index contributed by atoms with van der Waals surface area (Å²) in [6.07, 6.45) is 0.435. The fraction of sp³-hybridized carbons (Fsp3) is 0.500. The molecule has 0 bridgehead atoms. The van der Waals surface area contributed by atoms with E-state index in [2.05, 4.69) is 20.8 Å². The van der Waals surface area contributed by atoms with E-state index in [4.69, 9.17) is 0 Å². The first kappa shape index (κ1) is 12.8. The number of Topliss-reactive ketones (excluding diaryl/α,β-unsaturated/α-hetero) is 1. The summed E-state index contributed by atoms with van der Waals surface area (Å²) < 4.78 is 0. The lowest BCUT2D eigenvalue weighted by Gasteiger charge is -2.22. The quantitative estimate of drug-likeness (QED) is 0.831. The SMILES string of the molecule is CC(=O)Cc1cc(C)c(O)c(C(C)(C)C)c1. The summed E-state index contributed by atoms with van der Waals surface area (Å²) in [5, 5.41) is 10.0. The van der Waals surface area contributed by atoms with Crippen molar-refractivity contribution in [2.75, 3.05) is 0 Å². The Bertz CT molecular complexity index is 411. The first-order chi connectivity index (χ1) is 7.21. The second kappa shape index (κ2) is 4.28. The lowest BCUT2D eigenvalue weighted by molar-refractivity contribution is -0.116. The van der Waals surface area contributed by atoms with Crippen molar-refractivity contribution in [3.05, 3.63) is 28.8 Å². The molecule has 0 fully saturated rings. The largest absolute Gasteiger partial charge is 0.507 e. The number of hydrogen-bond acceptors (Lipinski definition) is 2. The van der Waals surface area contributed by atoms with Gasteiger partial charge in [0.2, 0.25) is 0 Å². The van der Waals surface area contributed by atoms with E-state index in [0.717, 1.165) is 16.7 Å². The van der Waals surface area contributed by atoms with E-state index in [1.165, 1.54) is 0 Å². The van der Waals surface area contributed by atoms with Crippen LogP contribution in [0.2, 0.25) is 0 Å². The topological polar surface area (TPSA) is 37.3 Å². The van der Waals surface area contributed by atoms with Crippen molar-refractivity contribution in [3.8, 4) is 5.75 Å². The zero-order valence-corrected chi connectivity index (χ0v) is 10.7. The summed E-state index contributed by atoms with van der Waals surface area (Å²) in [5.41, 5.74) is 2.61. The van der Waals surface area contributed by atoms with Gasteiger partial charge in [0.15, 0.2) is 0 Å². The van der Waals surface area contributed by atoms with Crippen LogP contribution in [0.3, 0.4) is 0 Å². The highest BCUT2D eigenvalue weighted by atomic mass is 16.3. The molecule has 16 heavy (non-hydrogen) atoms. The number of rotatable bonds is 2. The van der Waals surface area contributed by atoms with Gasteiger partial charge < -0.3 is 5.11 Å². The number of phenols is 1. The van der Waals surface area contributed by atoms with Crippen LogP contribution < -0.4 is 0 Å². The van der Waals surface area contributed by atoms with Crippen molar-refractivity contribution in [3.63, 3.8) is 0 Å². The maximum Gasteiger partial charge on any atom is 0.134 e. The molecule has 1 N–H and O–H groups in total. The Morgan fingerprint density at radius 1 is 1.31 bits per heavy atom. The maximum absolute atomic E-state index is 11.1. The van der Waals surface area contributed by atoms with Gasteiger partial charge in [-0.3, -0.25) is 4.79 Å². The standard InChI is InChI=1S/C14H20O2/c1-9-6-11(7-10(2)15)8-12(13(9)16)14(3,4)5/h6,8,16H,7H2,1-5H3. The molecule has 0 aliphatic rings. The third-order valence-electron chi connectivity index (χ3n) is 2.62. The fourth-order valence-electron chi connectivity index (χ4n) is 1.82. The molecular weight excluding hydrogens is 200 g/mol. The monoisotopic (exact) mass is 220 g/mol. The number of ketones is 1. The number of aryl methyl sites for hydroxylation is 1. The fourth-order valence-corrected chi connectivity index (χ4v) is 1.82. The van der Waals surface area contributed by atoms with Gasteiger partial charge in [-0.15, -0.1) is 0 Å². The summed E-state index contributed by atoms with van der Waals surface area (Å²) >= 11 is 0. The molecule has 0 aliphatic carbocycles. The molecule has 0 aliphatic heterocycles. The van der Waals surface area contributed by atoms with Crippen LogP contribution in [0.4, 0.5) is 0 Å². The van der Waals surface area contributed by atoms with Crippen molar-refractivity contribution in [2.45, 2.75) is 46.5 Å². The van der Waals surface area contributed by atoms with Gasteiger partial charge in [-0.05, 0) is 36.0 Å². The predicted octanol–water partition coefficient (Wildman–Crippen LogP) is 3.13. The van der Waals surface area contributed by atoms with E-state index >= 15 is 0 Å². The van der Waals surface area contributed by atoms with E-state index in [9.17, 15) is 9.90 Å². The molecule has 1 aromatic carbocycles. The van der Waals surface area contributed by atoms with Gasteiger partial charge >= 0.3 is 0 Å². The van der Waals surface area contributed by atoms with Crippen LogP contribution in [0.5, 0.6) is 5.75 Å². The van der Waals surface area contributed by atoms with E-state index < -0.39 is 0 Å². The lowest BCUT2D eigenvalue weighted by atomic mass is 9.83. The van der Waals surface area contributed by atoms with Crippen molar-refractivity contribution in [1.82, 2.24) is 0 Å². The van der Waals surface area contributed by atoms with Crippen LogP contribution in [0.1, 0.15) is 44.4 Å². The van der Waals surface area contributed by atoms with Crippen molar-refractivity contribution in [1.29, 1.82) is 0 Å². The lowest BCUT2D eigenvalue weighted by Crippen LogP contribution is -2.13. The number of carbonyl (C=O) groups excluding carboxylic acids is 1. The Hall–Kier alpha value is -1.31. The third kappa shape index (κ3) is 2.84. The molecule has 1 aromatic rings. The molecular formula is C14H20O2. The molecule has 1 rings (SSSR count). The Balaban J connectivity index is 3.28. The average Bonchev–Trinajstić information content (AvgIpc) is 2.08. The van der Waals surface area contributed by atoms with E-state index in [1.807, 2.05) is 19.1 Å². The number of carbonyl (C=O) groups is 1. The molecule has 0 spiro atoms. The molecule has 88 valence electrons. The number of hydrogen-bond donors (Lipinski definition) is 1. The molecule has 0 heterocycles. The predicted molar refractivity (Wildman–Crippen MR) is 65.9 cm³/mol. The highest BCUT2D eigenvalue weighted by Gasteiger charge is 2.20. The van der Waals surface area contributed by atoms with E-state index in [1.54, 1.807) is 6.92 Å². The van der Waals surface area contributed by atoms with Crippen LogP contribution in [-0.2, 0) is 16.6 Å². The van der Waals surface area contributed by atoms with E-state index in [0.29, 0.717) is 12.2 Å². The Morgan fingerprint density at radius 2 is 1.88 bits per heavy atom. The van der Waals surface area contributed by atoms with Crippen molar-refractivity contribution < 1.29 is 9.90 Å². The molecule has 2 nitrogen and oxygen atoms in total. The molecule has 0 atom stereocenters. The average molecular weight is 220 g/mol. The van der Waals surface area contributed by atoms with E-state index in [-0.39, 0.29) is 11.2 Å². The van der Waals surface area contributed by atoms with Crippen LogP contribution >= 0.6 is 0 Å². The minimum Gasteiger partial charge on any atom is -0.507 e. The summed E-state index contributed by atoms with van der Waals surface area (Å²) in [6.45, 7) is 9.62.